The van der Waals surface area contributed by atoms with Crippen molar-refractivity contribution in [1.29, 1.82) is 0 Å². The third-order valence-electron chi connectivity index (χ3n) is 5.78. The number of rotatable bonds is 5. The van der Waals surface area contributed by atoms with Gasteiger partial charge in [-0.05, 0) is 46.4 Å². The van der Waals surface area contributed by atoms with Gasteiger partial charge in [-0.2, -0.15) is 0 Å². The van der Waals surface area contributed by atoms with E-state index in [0.717, 1.165) is 23.8 Å². The highest BCUT2D eigenvalue weighted by atomic mass is 32.2. The summed E-state index contributed by atoms with van der Waals surface area (Å²) in [4.78, 5) is 0. The average molecular weight is 412 g/mol. The van der Waals surface area contributed by atoms with E-state index in [1.807, 2.05) is 12.1 Å². The Morgan fingerprint density at radius 3 is 2.41 bits per heavy atom. The molecule has 0 saturated carbocycles. The molecular weight excluding hydrogens is 384 g/mol. The van der Waals surface area contributed by atoms with Crippen molar-refractivity contribution in [3.8, 4) is 0 Å². The lowest BCUT2D eigenvalue weighted by Gasteiger charge is -2.37. The molecule has 29 heavy (non-hydrogen) atoms. The molecule has 3 aromatic carbocycles. The second kappa shape index (κ2) is 8.86. The first-order chi connectivity index (χ1) is 14.1. The molecule has 5 N–H and O–H groups in total. The molecule has 4 rings (SSSR count). The second-order valence-electron chi connectivity index (χ2n) is 7.67. The number of fused-ring (bicyclic) bond motifs is 1. The van der Waals surface area contributed by atoms with E-state index in [0.29, 0.717) is 0 Å². The van der Waals surface area contributed by atoms with Gasteiger partial charge in [-0.3, -0.25) is 0 Å². The number of hydrogen-bond donors (Lipinski definition) is 3. The summed E-state index contributed by atoms with van der Waals surface area (Å²) in [5.41, 5.74) is 3.53. The zero-order valence-corrected chi connectivity index (χ0v) is 16.9. The maximum Gasteiger partial charge on any atom is 0.209 e. The maximum atomic E-state index is 10.6. The van der Waals surface area contributed by atoms with Crippen LogP contribution >= 0.6 is 11.8 Å². The van der Waals surface area contributed by atoms with Gasteiger partial charge in [0.1, 0.15) is 12.2 Å². The highest BCUT2D eigenvalue weighted by Gasteiger charge is 2.46. The summed E-state index contributed by atoms with van der Waals surface area (Å²) >= 11 is 1.35. The Hall–Kier alpha value is -1.89. The monoisotopic (exact) mass is 411 g/mol. The van der Waals surface area contributed by atoms with Gasteiger partial charge in [0, 0.05) is 0 Å². The van der Waals surface area contributed by atoms with E-state index in [1.165, 1.54) is 28.3 Å². The fourth-order valence-corrected chi connectivity index (χ4v) is 5.51. The van der Waals surface area contributed by atoms with Crippen LogP contribution in [0.25, 0.3) is 10.8 Å². The van der Waals surface area contributed by atoms with Gasteiger partial charge in [-0.15, -0.1) is 11.8 Å². The number of hydrogen-bond acceptors (Lipinski definition) is 4. The first-order valence-electron chi connectivity index (χ1n) is 9.97. The van der Waals surface area contributed by atoms with Crippen LogP contribution in [0.5, 0.6) is 0 Å². The summed E-state index contributed by atoms with van der Waals surface area (Å²) < 4.78 is 0. The first-order valence-corrected chi connectivity index (χ1v) is 10.9. The predicted octanol–water partition coefficient (Wildman–Crippen LogP) is 2.59. The summed E-state index contributed by atoms with van der Waals surface area (Å²) in [6.45, 7) is -0.207. The Morgan fingerprint density at radius 1 is 0.862 bits per heavy atom. The lowest BCUT2D eigenvalue weighted by atomic mass is 9.93. The molecule has 0 amide bonds. The van der Waals surface area contributed by atoms with Crippen LogP contribution in [-0.4, -0.2) is 50.6 Å². The van der Waals surface area contributed by atoms with E-state index in [2.05, 4.69) is 54.6 Å². The van der Waals surface area contributed by atoms with Gasteiger partial charge in [0.05, 0.1) is 17.1 Å². The molecule has 4 nitrogen and oxygen atoms in total. The van der Waals surface area contributed by atoms with E-state index in [1.54, 1.807) is 0 Å². The molecule has 1 aliphatic heterocycles. The SMILES string of the molecule is OC[C@H]1S[C@@H](c2ccc3c(CCc4ccccc4)cccc3c2)[C@H](O)[C@@H]([OH2+])[C@@H]1O. The number of aliphatic hydroxyl groups excluding tert-OH is 3. The van der Waals surface area contributed by atoms with E-state index in [9.17, 15) is 15.3 Å². The number of benzene rings is 3. The zero-order chi connectivity index (χ0) is 20.4. The van der Waals surface area contributed by atoms with Crippen molar-refractivity contribution in [2.45, 2.75) is 41.7 Å². The largest absolute Gasteiger partial charge is 0.439 e. The average Bonchev–Trinajstić information content (AvgIpc) is 2.76. The Bertz CT molecular complexity index is 960. The van der Waals surface area contributed by atoms with Crippen molar-refractivity contribution in [2.75, 3.05) is 6.61 Å². The van der Waals surface area contributed by atoms with Crippen LogP contribution in [-0.2, 0) is 12.8 Å². The molecule has 1 fully saturated rings. The predicted molar refractivity (Wildman–Crippen MR) is 118 cm³/mol. The number of thioether (sulfide) groups is 1. The van der Waals surface area contributed by atoms with Crippen LogP contribution in [0.4, 0.5) is 0 Å². The van der Waals surface area contributed by atoms with Gasteiger partial charge >= 0.3 is 0 Å². The number of aryl methyl sites for hydroxylation is 2. The fourth-order valence-electron chi connectivity index (χ4n) is 4.09. The molecule has 3 aromatic rings. The second-order valence-corrected chi connectivity index (χ2v) is 9.05. The molecule has 0 aliphatic carbocycles. The Morgan fingerprint density at radius 2 is 1.66 bits per heavy atom. The molecule has 0 unspecified atom stereocenters. The Kier molecular flexibility index (Phi) is 6.23. The minimum absolute atomic E-state index is 0.207. The van der Waals surface area contributed by atoms with Gasteiger partial charge in [0.2, 0.25) is 6.10 Å². The molecule has 0 spiro atoms. The lowest BCUT2D eigenvalue weighted by Crippen LogP contribution is -2.51. The molecule has 0 aromatic heterocycles. The van der Waals surface area contributed by atoms with Crippen molar-refractivity contribution < 1.29 is 20.4 Å². The van der Waals surface area contributed by atoms with Crippen LogP contribution < -0.4 is 0 Å². The van der Waals surface area contributed by atoms with Gasteiger partial charge < -0.3 is 20.4 Å². The van der Waals surface area contributed by atoms with Crippen LogP contribution in [0.3, 0.4) is 0 Å². The summed E-state index contributed by atoms with van der Waals surface area (Å²) in [5.74, 6) is 0. The summed E-state index contributed by atoms with van der Waals surface area (Å²) in [5, 5.41) is 39.8. The van der Waals surface area contributed by atoms with Crippen molar-refractivity contribution >= 4 is 22.5 Å². The van der Waals surface area contributed by atoms with E-state index >= 15 is 0 Å². The molecule has 1 aliphatic rings. The molecule has 152 valence electrons. The van der Waals surface area contributed by atoms with Gasteiger partial charge in [-0.1, -0.05) is 60.7 Å². The first kappa shape index (κ1) is 20.4. The molecule has 0 radical (unpaired) electrons. The van der Waals surface area contributed by atoms with Crippen LogP contribution in [0.15, 0.2) is 66.7 Å². The van der Waals surface area contributed by atoms with Gasteiger partial charge in [-0.25, -0.2) is 0 Å². The van der Waals surface area contributed by atoms with Crippen molar-refractivity contribution in [1.82, 2.24) is 0 Å². The molecule has 1 heterocycles. The summed E-state index contributed by atoms with van der Waals surface area (Å²) in [6, 6.07) is 22.9. The Balaban J connectivity index is 1.60. The maximum absolute atomic E-state index is 10.6. The highest BCUT2D eigenvalue weighted by Crippen LogP contribution is 2.43. The standard InChI is InChI=1S/C24H26O4S/c25-14-20-21(26)22(27)23(28)24(29-20)18-11-12-19-16(7-4-8-17(19)13-18)10-9-15-5-2-1-3-6-15/h1-8,11-13,20-28H,9-10,14H2/p+1/t20-,21-,22+,23-,24+/m1/s1. The minimum atomic E-state index is -1.03. The molecular formula is C24H27O4S+. The minimum Gasteiger partial charge on any atom is -0.439 e. The topological polar surface area (TPSA) is 83.6 Å². The molecule has 1 saturated heterocycles. The highest BCUT2D eigenvalue weighted by molar-refractivity contribution is 8.00. The summed E-state index contributed by atoms with van der Waals surface area (Å²) in [7, 11) is 0. The van der Waals surface area contributed by atoms with Crippen LogP contribution in [0, 0.1) is 0 Å². The third-order valence-corrected chi connectivity index (χ3v) is 7.40. The number of aliphatic hydroxyl groups is 3. The zero-order valence-electron chi connectivity index (χ0n) is 16.1. The third kappa shape index (κ3) is 4.20. The molecule has 5 heteroatoms. The van der Waals surface area contributed by atoms with Crippen LogP contribution in [0.1, 0.15) is 21.9 Å². The lowest BCUT2D eigenvalue weighted by molar-refractivity contribution is -0.0700. The van der Waals surface area contributed by atoms with Gasteiger partial charge in [0.25, 0.3) is 0 Å². The quantitative estimate of drug-likeness (QED) is 0.564. The van der Waals surface area contributed by atoms with E-state index in [-0.39, 0.29) is 11.9 Å². The van der Waals surface area contributed by atoms with Crippen molar-refractivity contribution in [3.63, 3.8) is 0 Å². The smallest absolute Gasteiger partial charge is 0.209 e. The molecule has 5 atom stereocenters. The fraction of sp³-hybridized carbons (Fsp3) is 0.333. The van der Waals surface area contributed by atoms with Crippen LogP contribution in [0.2, 0.25) is 0 Å². The van der Waals surface area contributed by atoms with E-state index in [4.69, 9.17) is 5.11 Å². The molecule has 0 bridgehead atoms. The Labute approximate surface area is 174 Å². The van der Waals surface area contributed by atoms with Crippen molar-refractivity contribution in [2.24, 2.45) is 0 Å². The summed E-state index contributed by atoms with van der Waals surface area (Å²) in [6.07, 6.45) is -1.09. The van der Waals surface area contributed by atoms with E-state index < -0.39 is 23.6 Å². The van der Waals surface area contributed by atoms with Crippen molar-refractivity contribution in [3.05, 3.63) is 83.4 Å². The van der Waals surface area contributed by atoms with Gasteiger partial charge in [0.15, 0.2) is 0 Å². The normalized spacial score (nSPS) is 27.2.